The summed E-state index contributed by atoms with van der Waals surface area (Å²) in [4.78, 5) is 20.2. The summed E-state index contributed by atoms with van der Waals surface area (Å²) in [7, 11) is 5.36. The molecule has 2 N–H and O–H groups in total. The van der Waals surface area contributed by atoms with E-state index in [4.69, 9.17) is 14.5 Å². The highest BCUT2D eigenvalue weighted by Crippen LogP contribution is 2.44. The molecule has 1 aliphatic carbocycles. The van der Waals surface area contributed by atoms with Crippen LogP contribution >= 0.6 is 0 Å². The second-order valence-corrected chi connectivity index (χ2v) is 9.72. The van der Waals surface area contributed by atoms with Crippen LogP contribution in [0, 0.1) is 0 Å². The van der Waals surface area contributed by atoms with Crippen LogP contribution in [-0.4, -0.2) is 86.2 Å². The Bertz CT molecular complexity index is 1110. The fourth-order valence-electron chi connectivity index (χ4n) is 5.40. The number of nitrogens with one attached hydrogen (secondary N) is 1. The number of benzene rings is 2. The predicted molar refractivity (Wildman–Crippen MR) is 135 cm³/mol. The van der Waals surface area contributed by atoms with Crippen LogP contribution in [0.5, 0.6) is 11.5 Å². The summed E-state index contributed by atoms with van der Waals surface area (Å²) < 4.78 is 11.2. The molecule has 2 aromatic rings. The lowest BCUT2D eigenvalue weighted by Gasteiger charge is -2.37. The lowest BCUT2D eigenvalue weighted by atomic mass is 9.74. The molecule has 3 atom stereocenters. The van der Waals surface area contributed by atoms with E-state index in [1.54, 1.807) is 14.2 Å². The van der Waals surface area contributed by atoms with Crippen molar-refractivity contribution in [3.05, 3.63) is 58.7 Å². The van der Waals surface area contributed by atoms with Crippen molar-refractivity contribution in [1.29, 1.82) is 0 Å². The van der Waals surface area contributed by atoms with Crippen LogP contribution in [0.25, 0.3) is 0 Å². The summed E-state index contributed by atoms with van der Waals surface area (Å²) in [6.07, 6.45) is 1.97. The number of hydrogen-bond donors (Lipinski definition) is 2. The van der Waals surface area contributed by atoms with Crippen molar-refractivity contribution in [2.45, 2.75) is 37.3 Å². The highest BCUT2D eigenvalue weighted by atomic mass is 16.5. The van der Waals surface area contributed by atoms with Crippen LogP contribution < -0.4 is 14.9 Å². The molecule has 2 fully saturated rings. The number of fused-ring (bicyclic) bond motifs is 3. The zero-order valence-corrected chi connectivity index (χ0v) is 20.7. The number of ether oxygens (including phenoxy) is 2. The topological polar surface area (TPSA) is 86.6 Å². The number of aliphatic hydroxyl groups excluding tert-OH is 1. The Hall–Kier alpha value is -2.94. The second kappa shape index (κ2) is 9.97. The lowest BCUT2D eigenvalue weighted by molar-refractivity contribution is 0.0662. The van der Waals surface area contributed by atoms with E-state index in [9.17, 15) is 9.90 Å². The number of nitrogens with zero attached hydrogens (tertiary/aromatic N) is 3. The van der Waals surface area contributed by atoms with Crippen LogP contribution in [0.2, 0.25) is 0 Å². The summed E-state index contributed by atoms with van der Waals surface area (Å²) >= 11 is 0. The molecule has 1 amide bonds. The molecule has 3 aliphatic rings. The van der Waals surface area contributed by atoms with Gasteiger partial charge in [-0.3, -0.25) is 15.2 Å². The number of methoxy groups -OCH3 is 2. The van der Waals surface area contributed by atoms with Gasteiger partial charge in [0.15, 0.2) is 11.5 Å². The fraction of sp³-hybridized carbons (Fsp3) is 0.481. The molecular weight excluding hydrogens is 444 g/mol. The first-order chi connectivity index (χ1) is 17.0. The Kier molecular flexibility index (Phi) is 6.77. The number of rotatable bonds is 5. The van der Waals surface area contributed by atoms with E-state index in [1.807, 2.05) is 41.4 Å². The minimum absolute atomic E-state index is 0.0974. The number of carbonyl (C=O) groups is 1. The molecule has 0 spiro atoms. The Morgan fingerprint density at radius 1 is 1.03 bits per heavy atom. The minimum atomic E-state index is -0.313. The van der Waals surface area contributed by atoms with Gasteiger partial charge in [0.05, 0.1) is 32.1 Å². The van der Waals surface area contributed by atoms with E-state index in [0.29, 0.717) is 23.5 Å². The molecule has 5 rings (SSSR count). The number of amides is 1. The largest absolute Gasteiger partial charge is 0.493 e. The molecule has 186 valence electrons. The molecule has 8 nitrogen and oxygen atoms in total. The summed E-state index contributed by atoms with van der Waals surface area (Å²) in [5.41, 5.74) is 7.62. The maximum absolute atomic E-state index is 12.8. The predicted octanol–water partition coefficient (Wildman–Crippen LogP) is 2.44. The SMILES string of the molecule is COc1cc2c(cc1OC)C1CC(O)CCC1N=C2c1ccc(C(=O)NN2CCN(C)CC2)cc1. The molecule has 2 heterocycles. The molecule has 0 bridgehead atoms. The van der Waals surface area contributed by atoms with Crippen molar-refractivity contribution in [2.75, 3.05) is 47.4 Å². The third-order valence-electron chi connectivity index (χ3n) is 7.47. The average molecular weight is 479 g/mol. The van der Waals surface area contributed by atoms with Gasteiger partial charge in [-0.25, -0.2) is 5.01 Å². The van der Waals surface area contributed by atoms with Crippen molar-refractivity contribution in [3.8, 4) is 11.5 Å². The zero-order chi connectivity index (χ0) is 24.5. The number of aliphatic imine (C=N–C) groups is 1. The number of aliphatic hydroxyl groups is 1. The Balaban J connectivity index is 1.43. The molecule has 1 saturated carbocycles. The van der Waals surface area contributed by atoms with Crippen molar-refractivity contribution in [3.63, 3.8) is 0 Å². The Morgan fingerprint density at radius 3 is 2.40 bits per heavy atom. The summed E-state index contributed by atoms with van der Waals surface area (Å²) in [5.74, 6) is 1.38. The summed E-state index contributed by atoms with van der Waals surface area (Å²) in [6, 6.07) is 11.8. The molecule has 1 saturated heterocycles. The third-order valence-corrected chi connectivity index (χ3v) is 7.47. The van der Waals surface area contributed by atoms with Crippen LogP contribution in [-0.2, 0) is 0 Å². The van der Waals surface area contributed by atoms with E-state index in [-0.39, 0.29) is 24.0 Å². The van der Waals surface area contributed by atoms with E-state index in [1.165, 1.54) is 0 Å². The van der Waals surface area contributed by atoms with Crippen LogP contribution in [0.1, 0.15) is 52.2 Å². The van der Waals surface area contributed by atoms with Crippen molar-refractivity contribution in [1.82, 2.24) is 15.3 Å². The number of hydrazine groups is 1. The van der Waals surface area contributed by atoms with Gasteiger partial charge < -0.3 is 19.5 Å². The average Bonchev–Trinajstić information content (AvgIpc) is 2.88. The maximum Gasteiger partial charge on any atom is 0.265 e. The minimum Gasteiger partial charge on any atom is -0.493 e. The van der Waals surface area contributed by atoms with Gasteiger partial charge in [0.1, 0.15) is 0 Å². The lowest BCUT2D eigenvalue weighted by Crippen LogP contribution is -2.52. The van der Waals surface area contributed by atoms with E-state index in [0.717, 1.165) is 61.4 Å². The molecule has 8 heteroatoms. The monoisotopic (exact) mass is 478 g/mol. The molecule has 0 aromatic heterocycles. The number of likely N-dealkylation sites (N-methyl/N-ethyl adjacent to an activating group) is 1. The van der Waals surface area contributed by atoms with E-state index in [2.05, 4.69) is 17.4 Å². The number of carbonyl (C=O) groups excluding carboxylic acids is 1. The van der Waals surface area contributed by atoms with Crippen molar-refractivity contribution in [2.24, 2.45) is 4.99 Å². The van der Waals surface area contributed by atoms with E-state index >= 15 is 0 Å². The number of hydrogen-bond acceptors (Lipinski definition) is 7. The first-order valence-corrected chi connectivity index (χ1v) is 12.3. The summed E-state index contributed by atoms with van der Waals surface area (Å²) in [6.45, 7) is 3.50. The van der Waals surface area contributed by atoms with Gasteiger partial charge in [0.25, 0.3) is 5.91 Å². The normalized spacial score (nSPS) is 24.7. The van der Waals surface area contributed by atoms with Crippen LogP contribution in [0.3, 0.4) is 0 Å². The molecule has 3 unspecified atom stereocenters. The quantitative estimate of drug-likeness (QED) is 0.687. The number of piperazine rings is 1. The third kappa shape index (κ3) is 4.78. The molecule has 2 aromatic carbocycles. The Labute approximate surface area is 206 Å². The van der Waals surface area contributed by atoms with Gasteiger partial charge in [0, 0.05) is 48.8 Å². The molecular formula is C27H34N4O4. The van der Waals surface area contributed by atoms with Gasteiger partial charge in [0.2, 0.25) is 0 Å². The first-order valence-electron chi connectivity index (χ1n) is 12.3. The van der Waals surface area contributed by atoms with Gasteiger partial charge >= 0.3 is 0 Å². The fourth-order valence-corrected chi connectivity index (χ4v) is 5.40. The Morgan fingerprint density at radius 2 is 1.71 bits per heavy atom. The van der Waals surface area contributed by atoms with Crippen molar-refractivity contribution < 1.29 is 19.4 Å². The van der Waals surface area contributed by atoms with Crippen LogP contribution in [0.15, 0.2) is 41.4 Å². The highest BCUT2D eigenvalue weighted by molar-refractivity contribution is 6.15. The molecule has 2 aliphatic heterocycles. The van der Waals surface area contributed by atoms with Gasteiger partial charge in [-0.15, -0.1) is 0 Å². The summed E-state index contributed by atoms with van der Waals surface area (Å²) in [5, 5.41) is 12.3. The van der Waals surface area contributed by atoms with Gasteiger partial charge in [-0.05, 0) is 56.1 Å². The zero-order valence-electron chi connectivity index (χ0n) is 20.7. The van der Waals surface area contributed by atoms with Crippen molar-refractivity contribution >= 4 is 11.6 Å². The van der Waals surface area contributed by atoms with Crippen LogP contribution in [0.4, 0.5) is 0 Å². The smallest absolute Gasteiger partial charge is 0.265 e. The molecule has 0 radical (unpaired) electrons. The van der Waals surface area contributed by atoms with Gasteiger partial charge in [-0.2, -0.15) is 0 Å². The maximum atomic E-state index is 12.8. The standard InChI is InChI=1S/C27H34N4O4/c1-30-10-12-31(13-11-30)29-27(33)18-6-4-17(5-7-18)26-22-16-25(35-3)24(34-2)15-20(22)21-14-19(32)8-9-23(21)28-26/h4-7,15-16,19,21,23,32H,8-14H2,1-3H3,(H,29,33). The second-order valence-electron chi connectivity index (χ2n) is 9.72. The first kappa shape index (κ1) is 23.8. The molecule has 35 heavy (non-hydrogen) atoms. The van der Waals surface area contributed by atoms with Gasteiger partial charge in [-0.1, -0.05) is 12.1 Å². The highest BCUT2D eigenvalue weighted by Gasteiger charge is 2.37. The van der Waals surface area contributed by atoms with E-state index < -0.39 is 0 Å².